The second-order valence-electron chi connectivity index (χ2n) is 14.4. The van der Waals surface area contributed by atoms with Crippen LogP contribution in [0, 0.1) is 0 Å². The largest absolute Gasteiger partial charge is 0.494 e. The van der Waals surface area contributed by atoms with E-state index < -0.39 is 29.7 Å². The number of rotatable bonds is 13. The Kier molecular flexibility index (Phi) is 10.6. The van der Waals surface area contributed by atoms with Gasteiger partial charge in [0.05, 0.1) is 23.4 Å². The van der Waals surface area contributed by atoms with E-state index in [-0.39, 0.29) is 29.4 Å². The summed E-state index contributed by atoms with van der Waals surface area (Å²) in [6.45, 7) is 9.50. The summed E-state index contributed by atoms with van der Waals surface area (Å²) in [7, 11) is 2.13. The van der Waals surface area contributed by atoms with Crippen molar-refractivity contribution in [3.8, 4) is 11.5 Å². The summed E-state index contributed by atoms with van der Waals surface area (Å²) < 4.78 is 12.1. The lowest BCUT2D eigenvalue weighted by molar-refractivity contribution is -0.136. The van der Waals surface area contributed by atoms with Crippen LogP contribution >= 0.6 is 0 Å². The Hall–Kier alpha value is -5.82. The first kappa shape index (κ1) is 36.5. The average molecular weight is 732 g/mol. The van der Waals surface area contributed by atoms with E-state index in [1.165, 1.54) is 0 Å². The van der Waals surface area contributed by atoms with Crippen molar-refractivity contribution < 1.29 is 28.7 Å². The van der Waals surface area contributed by atoms with Crippen molar-refractivity contribution in [2.45, 2.75) is 51.2 Å². The molecule has 4 aromatic rings. The molecule has 2 saturated heterocycles. The highest BCUT2D eigenvalue weighted by Crippen LogP contribution is 2.34. The quantitative estimate of drug-likeness (QED) is 0.149. The smallest absolute Gasteiger partial charge is 0.264 e. The van der Waals surface area contributed by atoms with E-state index in [2.05, 4.69) is 70.6 Å². The molecule has 3 aromatic carbocycles. The van der Waals surface area contributed by atoms with Crippen LogP contribution in [0.1, 0.15) is 70.6 Å². The number of carbonyl (C=O) groups excluding carboxylic acids is 4. The van der Waals surface area contributed by atoms with Gasteiger partial charge in [-0.1, -0.05) is 44.2 Å². The van der Waals surface area contributed by atoms with Gasteiger partial charge in [0, 0.05) is 56.4 Å². The van der Waals surface area contributed by atoms with Gasteiger partial charge in [0.15, 0.2) is 0 Å². The van der Waals surface area contributed by atoms with Crippen molar-refractivity contribution in [3.05, 3.63) is 107 Å². The van der Waals surface area contributed by atoms with Gasteiger partial charge in [-0.3, -0.25) is 29.4 Å². The van der Waals surface area contributed by atoms with E-state index in [1.807, 2.05) is 30.3 Å². The number of nitrogens with zero attached hydrogens (tertiary/aromatic N) is 5. The molecule has 13 nitrogen and oxygen atoms in total. The highest BCUT2D eigenvalue weighted by molar-refractivity contribution is 6.25. The molecule has 3 aliphatic rings. The molecule has 13 heteroatoms. The van der Waals surface area contributed by atoms with Gasteiger partial charge >= 0.3 is 0 Å². The molecule has 2 fully saturated rings. The lowest BCUT2D eigenvalue weighted by Gasteiger charge is -2.32. The molecule has 280 valence electrons. The number of carbonyl (C=O) groups is 4. The minimum Gasteiger partial charge on any atom is -0.494 e. The van der Waals surface area contributed by atoms with Crippen molar-refractivity contribution in [1.82, 2.24) is 25.1 Å². The first-order valence-electron chi connectivity index (χ1n) is 18.4. The predicted molar refractivity (Wildman–Crippen MR) is 203 cm³/mol. The van der Waals surface area contributed by atoms with Gasteiger partial charge in [0.1, 0.15) is 24.1 Å². The number of likely N-dealkylation sites (N-methyl/N-ethyl adjacent to an activating group) is 1. The number of hydrogen-bond acceptors (Lipinski definition) is 11. The number of piperidine rings is 1. The maximum atomic E-state index is 13.3. The van der Waals surface area contributed by atoms with Crippen LogP contribution in [0.3, 0.4) is 0 Å². The Morgan fingerprint density at radius 1 is 0.852 bits per heavy atom. The lowest BCUT2D eigenvalue weighted by atomic mass is 9.78. The van der Waals surface area contributed by atoms with E-state index in [9.17, 15) is 19.2 Å². The average Bonchev–Trinajstić information content (AvgIpc) is 3.43. The summed E-state index contributed by atoms with van der Waals surface area (Å²) in [5.74, 6) is 0.176. The molecule has 1 unspecified atom stereocenters. The zero-order valence-corrected chi connectivity index (χ0v) is 30.8. The molecule has 4 heterocycles. The number of amides is 4. The van der Waals surface area contributed by atoms with E-state index >= 15 is 0 Å². The van der Waals surface area contributed by atoms with Gasteiger partial charge in [0.2, 0.25) is 17.8 Å². The SMILES string of the molecule is CN1CCN(c2nccc(COc3ccc(C(C)(C)c4ccc(OCCCNc5cccc6c5C(=O)N(C5CCC(=O)NC5=O)C6=O)cc4)cc3)n2)CC1. The molecular formula is C41H45N7O6. The molecule has 0 bridgehead atoms. The van der Waals surface area contributed by atoms with E-state index in [0.717, 1.165) is 65.3 Å². The molecular weight excluding hydrogens is 686 g/mol. The predicted octanol–water partition coefficient (Wildman–Crippen LogP) is 4.42. The molecule has 4 amide bonds. The summed E-state index contributed by atoms with van der Waals surface area (Å²) in [6.07, 6.45) is 2.62. The van der Waals surface area contributed by atoms with Gasteiger partial charge in [-0.25, -0.2) is 9.97 Å². The molecule has 0 saturated carbocycles. The second-order valence-corrected chi connectivity index (χ2v) is 14.4. The number of imide groups is 2. The number of anilines is 2. The summed E-state index contributed by atoms with van der Waals surface area (Å²) in [6, 6.07) is 22.2. The van der Waals surface area contributed by atoms with Gasteiger partial charge in [-0.2, -0.15) is 0 Å². The number of hydrogen-bond donors (Lipinski definition) is 2. The Balaban J connectivity index is 0.879. The number of benzene rings is 3. The first-order chi connectivity index (χ1) is 26.1. The van der Waals surface area contributed by atoms with Crippen LogP contribution in [-0.2, 0) is 21.6 Å². The van der Waals surface area contributed by atoms with Gasteiger partial charge in [-0.15, -0.1) is 0 Å². The van der Waals surface area contributed by atoms with Crippen LogP contribution in [0.4, 0.5) is 11.6 Å². The molecule has 1 atom stereocenters. The Bertz CT molecular complexity index is 2030. The van der Waals surface area contributed by atoms with Crippen molar-refractivity contribution in [2.24, 2.45) is 0 Å². The summed E-state index contributed by atoms with van der Waals surface area (Å²) >= 11 is 0. The maximum absolute atomic E-state index is 13.3. The fraction of sp³-hybridized carbons (Fsp3) is 0.366. The Morgan fingerprint density at radius 2 is 1.54 bits per heavy atom. The molecule has 2 N–H and O–H groups in total. The van der Waals surface area contributed by atoms with Crippen LogP contribution in [0.2, 0.25) is 0 Å². The zero-order chi connectivity index (χ0) is 37.8. The minimum atomic E-state index is -1.00. The molecule has 0 spiro atoms. The Labute approximate surface area is 314 Å². The summed E-state index contributed by atoms with van der Waals surface area (Å²) in [4.78, 5) is 65.1. The fourth-order valence-corrected chi connectivity index (χ4v) is 7.03. The highest BCUT2D eigenvalue weighted by Gasteiger charge is 2.45. The third-order valence-electron chi connectivity index (χ3n) is 10.4. The van der Waals surface area contributed by atoms with Crippen LogP contribution < -0.4 is 25.0 Å². The number of aromatic nitrogens is 2. The summed E-state index contributed by atoms with van der Waals surface area (Å²) in [5, 5.41) is 5.48. The number of ether oxygens (including phenoxy) is 2. The molecule has 54 heavy (non-hydrogen) atoms. The monoisotopic (exact) mass is 731 g/mol. The third-order valence-corrected chi connectivity index (χ3v) is 10.4. The second kappa shape index (κ2) is 15.7. The van der Waals surface area contributed by atoms with Gasteiger partial charge < -0.3 is 24.6 Å². The molecule has 0 aliphatic carbocycles. The number of piperazine rings is 1. The number of nitrogens with one attached hydrogen (secondary N) is 2. The third kappa shape index (κ3) is 7.76. The molecule has 3 aliphatic heterocycles. The standard InChI is InChI=1S/C41H45N7O6/c1-41(2,28-10-14-31(15-11-28)54-26-29-18-20-43-40(44-29)47-23-21-46(3)22-24-47)27-8-12-30(13-9-27)53-25-5-19-42-33-7-4-6-32-36(33)39(52)48(38(32)51)34-16-17-35(49)45-37(34)50/h4,6-15,18,20,34,42H,5,16-17,19,21-26H2,1-3H3,(H,45,49,50). The van der Waals surface area contributed by atoms with Crippen LogP contribution in [0.25, 0.3) is 0 Å². The number of fused-ring (bicyclic) bond motifs is 1. The van der Waals surface area contributed by atoms with Crippen LogP contribution in [-0.4, -0.2) is 95.8 Å². The maximum Gasteiger partial charge on any atom is 0.264 e. The van der Waals surface area contributed by atoms with Gasteiger partial charge in [-0.05, 0) is 73.5 Å². The molecule has 0 radical (unpaired) electrons. The Morgan fingerprint density at radius 3 is 2.22 bits per heavy atom. The van der Waals surface area contributed by atoms with Gasteiger partial charge in [0.25, 0.3) is 11.8 Å². The molecule has 7 rings (SSSR count). The topological polar surface area (TPSA) is 146 Å². The van der Waals surface area contributed by atoms with Crippen molar-refractivity contribution in [2.75, 3.05) is 56.6 Å². The van der Waals surface area contributed by atoms with Crippen LogP contribution in [0.15, 0.2) is 79.0 Å². The van der Waals surface area contributed by atoms with E-state index in [1.54, 1.807) is 24.4 Å². The van der Waals surface area contributed by atoms with Crippen molar-refractivity contribution >= 4 is 35.3 Å². The van der Waals surface area contributed by atoms with E-state index in [0.29, 0.717) is 31.9 Å². The first-order valence-corrected chi connectivity index (χ1v) is 18.4. The van der Waals surface area contributed by atoms with Crippen LogP contribution in [0.5, 0.6) is 11.5 Å². The lowest BCUT2D eigenvalue weighted by Crippen LogP contribution is -2.54. The fourth-order valence-electron chi connectivity index (χ4n) is 7.03. The van der Waals surface area contributed by atoms with Crippen molar-refractivity contribution in [3.63, 3.8) is 0 Å². The normalized spacial score (nSPS) is 17.7. The molecule has 1 aromatic heterocycles. The minimum absolute atomic E-state index is 0.0741. The van der Waals surface area contributed by atoms with Crippen molar-refractivity contribution in [1.29, 1.82) is 0 Å². The summed E-state index contributed by atoms with van der Waals surface area (Å²) in [5.41, 5.74) is 3.89. The zero-order valence-electron chi connectivity index (χ0n) is 30.8. The highest BCUT2D eigenvalue weighted by atomic mass is 16.5. The van der Waals surface area contributed by atoms with E-state index in [4.69, 9.17) is 14.5 Å².